The van der Waals surface area contributed by atoms with Crippen LogP contribution in [0.1, 0.15) is 33.1 Å². The van der Waals surface area contributed by atoms with Gasteiger partial charge in [-0.25, -0.2) is 0 Å². The van der Waals surface area contributed by atoms with Gasteiger partial charge in [0.05, 0.1) is 0 Å². The fourth-order valence-corrected chi connectivity index (χ4v) is 2.35. The highest BCUT2D eigenvalue weighted by Gasteiger charge is 2.47. The number of fused-ring (bicyclic) bond motifs is 1. The molecule has 0 heterocycles. The van der Waals surface area contributed by atoms with Crippen LogP contribution in [0.2, 0.25) is 0 Å². The van der Waals surface area contributed by atoms with Gasteiger partial charge in [-0.2, -0.15) is 0 Å². The van der Waals surface area contributed by atoms with Crippen LogP contribution in [0.3, 0.4) is 0 Å². The molecule has 2 aliphatic carbocycles. The second-order valence-electron chi connectivity index (χ2n) is 4.55. The number of ketones is 1. The molecule has 2 rings (SSSR count). The molecule has 0 aromatic carbocycles. The van der Waals surface area contributed by atoms with Crippen molar-refractivity contribution in [2.24, 2.45) is 17.8 Å². The van der Waals surface area contributed by atoms with Crippen LogP contribution < -0.4 is 0 Å². The molecular weight excluding hydrogens is 148 g/mol. The van der Waals surface area contributed by atoms with Gasteiger partial charge < -0.3 is 0 Å². The molecule has 66 valence electrons. The molecule has 0 aromatic heterocycles. The predicted octanol–water partition coefficient (Wildman–Crippen LogP) is 2.57. The summed E-state index contributed by atoms with van der Waals surface area (Å²) >= 11 is 0. The van der Waals surface area contributed by atoms with Crippen molar-refractivity contribution in [3.8, 4) is 0 Å². The van der Waals surface area contributed by atoms with Crippen LogP contribution in [0.5, 0.6) is 0 Å². The SMILES string of the molecule is CC(C)=CC(=O)C1CC2CC2C1. The number of carbonyl (C=O) groups excluding carboxylic acids is 1. The van der Waals surface area contributed by atoms with Gasteiger partial charge in [0.25, 0.3) is 0 Å². The minimum atomic E-state index is 0.377. The van der Waals surface area contributed by atoms with Gasteiger partial charge in [-0.05, 0) is 51.0 Å². The number of hydrogen-bond acceptors (Lipinski definition) is 1. The molecule has 2 aliphatic rings. The first kappa shape index (κ1) is 8.03. The molecule has 0 saturated heterocycles. The van der Waals surface area contributed by atoms with E-state index in [9.17, 15) is 4.79 Å². The second kappa shape index (κ2) is 2.72. The van der Waals surface area contributed by atoms with E-state index >= 15 is 0 Å². The predicted molar refractivity (Wildman–Crippen MR) is 48.8 cm³/mol. The molecule has 0 N–H and O–H groups in total. The summed E-state index contributed by atoms with van der Waals surface area (Å²) in [7, 11) is 0. The summed E-state index contributed by atoms with van der Waals surface area (Å²) < 4.78 is 0. The fraction of sp³-hybridized carbons (Fsp3) is 0.727. The van der Waals surface area contributed by atoms with E-state index in [0.29, 0.717) is 11.7 Å². The zero-order valence-corrected chi connectivity index (χ0v) is 7.84. The van der Waals surface area contributed by atoms with E-state index < -0.39 is 0 Å². The van der Waals surface area contributed by atoms with Crippen molar-refractivity contribution >= 4 is 5.78 Å². The van der Waals surface area contributed by atoms with Crippen molar-refractivity contribution in [2.75, 3.05) is 0 Å². The van der Waals surface area contributed by atoms with E-state index in [2.05, 4.69) is 0 Å². The fourth-order valence-electron chi connectivity index (χ4n) is 2.35. The third-order valence-corrected chi connectivity index (χ3v) is 3.08. The highest BCUT2D eigenvalue weighted by Crippen LogP contribution is 2.54. The Kier molecular flexibility index (Phi) is 1.82. The maximum absolute atomic E-state index is 11.5. The van der Waals surface area contributed by atoms with Gasteiger partial charge in [0.2, 0.25) is 0 Å². The maximum Gasteiger partial charge on any atom is 0.158 e. The first-order valence-electron chi connectivity index (χ1n) is 4.85. The molecule has 0 radical (unpaired) electrons. The first-order chi connectivity index (χ1) is 5.66. The second-order valence-corrected chi connectivity index (χ2v) is 4.55. The quantitative estimate of drug-likeness (QED) is 0.573. The van der Waals surface area contributed by atoms with Crippen LogP contribution in [-0.2, 0) is 4.79 Å². The van der Waals surface area contributed by atoms with E-state index in [4.69, 9.17) is 0 Å². The molecular formula is C11H16O. The summed E-state index contributed by atoms with van der Waals surface area (Å²) in [4.78, 5) is 11.5. The van der Waals surface area contributed by atoms with Gasteiger partial charge in [0.1, 0.15) is 0 Å². The van der Waals surface area contributed by atoms with Crippen LogP contribution in [0.4, 0.5) is 0 Å². The number of hydrogen-bond donors (Lipinski definition) is 0. The smallest absolute Gasteiger partial charge is 0.158 e. The molecule has 2 atom stereocenters. The normalized spacial score (nSPS) is 37.3. The van der Waals surface area contributed by atoms with Gasteiger partial charge in [0, 0.05) is 5.92 Å². The third-order valence-electron chi connectivity index (χ3n) is 3.08. The average Bonchev–Trinajstić information content (AvgIpc) is 2.57. The van der Waals surface area contributed by atoms with Gasteiger partial charge in [-0.3, -0.25) is 4.79 Å². The van der Waals surface area contributed by atoms with Gasteiger partial charge in [-0.15, -0.1) is 0 Å². The Labute approximate surface area is 73.8 Å². The Morgan fingerprint density at radius 3 is 2.25 bits per heavy atom. The van der Waals surface area contributed by atoms with Crippen molar-refractivity contribution in [2.45, 2.75) is 33.1 Å². The lowest BCUT2D eigenvalue weighted by Gasteiger charge is -2.06. The lowest BCUT2D eigenvalue weighted by Crippen LogP contribution is -2.09. The van der Waals surface area contributed by atoms with Gasteiger partial charge in [0.15, 0.2) is 5.78 Å². The molecule has 0 aliphatic heterocycles. The summed E-state index contributed by atoms with van der Waals surface area (Å²) in [6.45, 7) is 3.99. The van der Waals surface area contributed by atoms with E-state index in [0.717, 1.165) is 17.4 Å². The number of allylic oxidation sites excluding steroid dienone is 2. The van der Waals surface area contributed by atoms with Crippen LogP contribution in [-0.4, -0.2) is 5.78 Å². The van der Waals surface area contributed by atoms with Crippen molar-refractivity contribution < 1.29 is 4.79 Å². The Morgan fingerprint density at radius 2 is 1.75 bits per heavy atom. The van der Waals surface area contributed by atoms with E-state index in [-0.39, 0.29) is 0 Å². The lowest BCUT2D eigenvalue weighted by molar-refractivity contribution is -0.118. The van der Waals surface area contributed by atoms with Crippen LogP contribution in [0, 0.1) is 17.8 Å². The van der Waals surface area contributed by atoms with Crippen LogP contribution >= 0.6 is 0 Å². The molecule has 2 unspecified atom stereocenters. The summed E-state index contributed by atoms with van der Waals surface area (Å²) in [6.07, 6.45) is 5.56. The van der Waals surface area contributed by atoms with Crippen LogP contribution in [0.15, 0.2) is 11.6 Å². The standard InChI is InChI=1S/C11H16O/c1-7(2)3-11(12)10-5-8-4-9(8)6-10/h3,8-10H,4-6H2,1-2H3. The zero-order valence-electron chi connectivity index (χ0n) is 7.84. The first-order valence-corrected chi connectivity index (χ1v) is 4.85. The Balaban J connectivity index is 1.93. The van der Waals surface area contributed by atoms with Gasteiger partial charge in [-0.1, -0.05) is 5.57 Å². The van der Waals surface area contributed by atoms with E-state index in [1.54, 1.807) is 0 Å². The number of rotatable bonds is 2. The van der Waals surface area contributed by atoms with Crippen molar-refractivity contribution in [3.05, 3.63) is 11.6 Å². The van der Waals surface area contributed by atoms with E-state index in [1.807, 2.05) is 19.9 Å². The molecule has 2 saturated carbocycles. The zero-order chi connectivity index (χ0) is 8.72. The Morgan fingerprint density at radius 1 is 1.17 bits per heavy atom. The van der Waals surface area contributed by atoms with Crippen molar-refractivity contribution in [1.29, 1.82) is 0 Å². The summed E-state index contributed by atoms with van der Waals surface area (Å²) in [5.41, 5.74) is 1.14. The molecule has 2 fully saturated rings. The molecule has 1 heteroatoms. The highest BCUT2D eigenvalue weighted by atomic mass is 16.1. The minimum Gasteiger partial charge on any atom is -0.295 e. The largest absolute Gasteiger partial charge is 0.295 e. The average molecular weight is 164 g/mol. The summed E-state index contributed by atoms with van der Waals surface area (Å²) in [5.74, 6) is 2.60. The molecule has 12 heavy (non-hydrogen) atoms. The Hall–Kier alpha value is -0.590. The van der Waals surface area contributed by atoms with Crippen LogP contribution in [0.25, 0.3) is 0 Å². The maximum atomic E-state index is 11.5. The van der Waals surface area contributed by atoms with E-state index in [1.165, 1.54) is 19.3 Å². The highest BCUT2D eigenvalue weighted by molar-refractivity contribution is 5.92. The molecule has 0 amide bonds. The summed E-state index contributed by atoms with van der Waals surface area (Å²) in [5, 5.41) is 0. The molecule has 0 aromatic rings. The molecule has 0 spiro atoms. The third kappa shape index (κ3) is 1.45. The molecule has 1 nitrogen and oxygen atoms in total. The topological polar surface area (TPSA) is 17.1 Å². The summed E-state index contributed by atoms with van der Waals surface area (Å²) in [6, 6.07) is 0. The van der Waals surface area contributed by atoms with Crippen molar-refractivity contribution in [1.82, 2.24) is 0 Å². The Bertz CT molecular complexity index is 225. The van der Waals surface area contributed by atoms with Gasteiger partial charge >= 0.3 is 0 Å². The van der Waals surface area contributed by atoms with Crippen molar-refractivity contribution in [3.63, 3.8) is 0 Å². The molecule has 0 bridgehead atoms. The number of carbonyl (C=O) groups is 1. The lowest BCUT2D eigenvalue weighted by atomic mass is 9.97. The monoisotopic (exact) mass is 164 g/mol. The minimum absolute atomic E-state index is 0.377.